The normalized spacial score (nSPS) is 10.2. The fourth-order valence-corrected chi connectivity index (χ4v) is 1.92. The molecule has 16 heavy (non-hydrogen) atoms. The van der Waals surface area contributed by atoms with E-state index in [1.165, 1.54) is 0 Å². The van der Waals surface area contributed by atoms with Gasteiger partial charge in [0.1, 0.15) is 0 Å². The molecule has 4 heteroatoms. The molecule has 0 saturated carbocycles. The smallest absolute Gasteiger partial charge is 0.252 e. The lowest BCUT2D eigenvalue weighted by Crippen LogP contribution is -2.24. The van der Waals surface area contributed by atoms with Crippen molar-refractivity contribution in [1.29, 1.82) is 0 Å². The molecule has 0 aromatic heterocycles. The summed E-state index contributed by atoms with van der Waals surface area (Å²) in [5.74, 6) is -0.0886. The first-order valence-corrected chi connectivity index (χ1v) is 6.91. The Morgan fingerprint density at radius 3 is 2.88 bits per heavy atom. The number of nitrogens with one attached hydrogen (secondary N) is 1. The van der Waals surface area contributed by atoms with Gasteiger partial charge >= 0.3 is 0 Å². The minimum Gasteiger partial charge on any atom is -0.352 e. The Bertz CT molecular complexity index is 368. The number of benzene rings is 1. The first kappa shape index (κ1) is 13.4. The van der Waals surface area contributed by atoms with E-state index in [1.54, 1.807) is 17.8 Å². The molecule has 0 aliphatic carbocycles. The van der Waals surface area contributed by atoms with E-state index in [4.69, 9.17) is 11.6 Å². The quantitative estimate of drug-likeness (QED) is 0.645. The highest BCUT2D eigenvalue weighted by Crippen LogP contribution is 2.22. The SMILES string of the molecule is CCCCNC(=O)c1cc(SC)ccc1Cl. The van der Waals surface area contributed by atoms with Gasteiger partial charge in [-0.05, 0) is 30.9 Å². The van der Waals surface area contributed by atoms with Gasteiger partial charge in [-0.2, -0.15) is 0 Å². The standard InChI is InChI=1S/C12H16ClNOS/c1-3-4-7-14-12(15)10-8-9(16-2)5-6-11(10)13/h5-6,8H,3-4,7H2,1-2H3,(H,14,15). The minimum atomic E-state index is -0.0886. The van der Waals surface area contributed by atoms with Crippen LogP contribution in [-0.2, 0) is 0 Å². The molecule has 0 unspecified atom stereocenters. The number of hydrogen-bond donors (Lipinski definition) is 1. The van der Waals surface area contributed by atoms with Crippen molar-refractivity contribution in [2.75, 3.05) is 12.8 Å². The van der Waals surface area contributed by atoms with Crippen molar-refractivity contribution in [2.24, 2.45) is 0 Å². The summed E-state index contributed by atoms with van der Waals surface area (Å²) in [6, 6.07) is 5.51. The molecule has 1 aromatic rings. The molecule has 2 nitrogen and oxygen atoms in total. The van der Waals surface area contributed by atoms with Crippen LogP contribution < -0.4 is 5.32 Å². The second kappa shape index (κ2) is 6.81. The summed E-state index contributed by atoms with van der Waals surface area (Å²) in [6.45, 7) is 2.79. The number of amides is 1. The van der Waals surface area contributed by atoms with Crippen LogP contribution in [-0.4, -0.2) is 18.7 Å². The average molecular weight is 258 g/mol. The fourth-order valence-electron chi connectivity index (χ4n) is 1.28. The van der Waals surface area contributed by atoms with Crippen LogP contribution in [0.4, 0.5) is 0 Å². The third-order valence-corrected chi connectivity index (χ3v) is 3.29. The van der Waals surface area contributed by atoms with Crippen molar-refractivity contribution >= 4 is 29.3 Å². The van der Waals surface area contributed by atoms with E-state index in [0.29, 0.717) is 17.1 Å². The van der Waals surface area contributed by atoms with E-state index in [-0.39, 0.29) is 5.91 Å². The molecule has 0 atom stereocenters. The molecule has 0 bridgehead atoms. The van der Waals surface area contributed by atoms with Crippen molar-refractivity contribution in [1.82, 2.24) is 5.32 Å². The maximum Gasteiger partial charge on any atom is 0.252 e. The number of halogens is 1. The van der Waals surface area contributed by atoms with Crippen molar-refractivity contribution in [3.8, 4) is 0 Å². The first-order chi connectivity index (χ1) is 7.69. The second-order valence-electron chi connectivity index (χ2n) is 3.46. The van der Waals surface area contributed by atoms with E-state index < -0.39 is 0 Å². The van der Waals surface area contributed by atoms with Gasteiger partial charge in [-0.25, -0.2) is 0 Å². The van der Waals surface area contributed by atoms with Crippen molar-refractivity contribution in [3.05, 3.63) is 28.8 Å². The molecule has 1 N–H and O–H groups in total. The monoisotopic (exact) mass is 257 g/mol. The fraction of sp³-hybridized carbons (Fsp3) is 0.417. The number of thioether (sulfide) groups is 1. The van der Waals surface area contributed by atoms with Gasteiger partial charge in [0.15, 0.2) is 0 Å². The molecule has 0 saturated heterocycles. The Morgan fingerprint density at radius 1 is 1.50 bits per heavy atom. The highest BCUT2D eigenvalue weighted by Gasteiger charge is 2.10. The summed E-state index contributed by atoms with van der Waals surface area (Å²) in [5, 5.41) is 3.37. The lowest BCUT2D eigenvalue weighted by Gasteiger charge is -2.07. The predicted molar refractivity (Wildman–Crippen MR) is 70.5 cm³/mol. The Balaban J connectivity index is 2.73. The van der Waals surface area contributed by atoms with Gasteiger partial charge in [-0.1, -0.05) is 24.9 Å². The molecule has 1 aromatic carbocycles. The zero-order valence-corrected chi connectivity index (χ0v) is 11.1. The van der Waals surface area contributed by atoms with Gasteiger partial charge in [0.2, 0.25) is 0 Å². The summed E-state index contributed by atoms with van der Waals surface area (Å²) >= 11 is 7.59. The highest BCUT2D eigenvalue weighted by molar-refractivity contribution is 7.98. The third kappa shape index (κ3) is 3.72. The highest BCUT2D eigenvalue weighted by atomic mass is 35.5. The van der Waals surface area contributed by atoms with Gasteiger partial charge in [0.25, 0.3) is 5.91 Å². The Morgan fingerprint density at radius 2 is 2.25 bits per heavy atom. The van der Waals surface area contributed by atoms with Crippen LogP contribution in [0, 0.1) is 0 Å². The van der Waals surface area contributed by atoms with E-state index in [1.807, 2.05) is 18.4 Å². The summed E-state index contributed by atoms with van der Waals surface area (Å²) in [5.41, 5.74) is 0.560. The largest absolute Gasteiger partial charge is 0.352 e. The lowest BCUT2D eigenvalue weighted by molar-refractivity contribution is 0.0953. The average Bonchev–Trinajstić information content (AvgIpc) is 2.30. The summed E-state index contributed by atoms with van der Waals surface area (Å²) < 4.78 is 0. The molecule has 1 amide bonds. The molecule has 0 heterocycles. The first-order valence-electron chi connectivity index (χ1n) is 5.30. The predicted octanol–water partition coefficient (Wildman–Crippen LogP) is 3.59. The van der Waals surface area contributed by atoms with E-state index in [9.17, 15) is 4.79 Å². The van der Waals surface area contributed by atoms with Crippen LogP contribution in [0.5, 0.6) is 0 Å². The van der Waals surface area contributed by atoms with E-state index in [2.05, 4.69) is 12.2 Å². The van der Waals surface area contributed by atoms with Gasteiger partial charge < -0.3 is 5.32 Å². The molecular weight excluding hydrogens is 242 g/mol. The topological polar surface area (TPSA) is 29.1 Å². The van der Waals surface area contributed by atoms with Gasteiger partial charge in [0, 0.05) is 11.4 Å². The van der Waals surface area contributed by atoms with Crippen LogP contribution >= 0.6 is 23.4 Å². The van der Waals surface area contributed by atoms with Crippen LogP contribution in [0.1, 0.15) is 30.1 Å². The Kier molecular flexibility index (Phi) is 5.71. The Hall–Kier alpha value is -0.670. The molecule has 0 radical (unpaired) electrons. The van der Waals surface area contributed by atoms with Crippen molar-refractivity contribution in [2.45, 2.75) is 24.7 Å². The zero-order valence-electron chi connectivity index (χ0n) is 9.55. The van der Waals surface area contributed by atoms with Gasteiger partial charge in [0.05, 0.1) is 10.6 Å². The molecular formula is C12H16ClNOS. The number of unbranched alkanes of at least 4 members (excludes halogenated alkanes) is 1. The van der Waals surface area contributed by atoms with Crippen LogP contribution in [0.25, 0.3) is 0 Å². The minimum absolute atomic E-state index is 0.0886. The molecule has 0 spiro atoms. The summed E-state index contributed by atoms with van der Waals surface area (Å²) in [6.07, 6.45) is 4.03. The maximum absolute atomic E-state index is 11.8. The number of carbonyl (C=O) groups is 1. The van der Waals surface area contributed by atoms with Crippen molar-refractivity contribution < 1.29 is 4.79 Å². The van der Waals surface area contributed by atoms with E-state index in [0.717, 1.165) is 17.7 Å². The van der Waals surface area contributed by atoms with Gasteiger partial charge in [-0.3, -0.25) is 4.79 Å². The third-order valence-electron chi connectivity index (χ3n) is 2.23. The van der Waals surface area contributed by atoms with Crippen molar-refractivity contribution in [3.63, 3.8) is 0 Å². The molecule has 0 fully saturated rings. The summed E-state index contributed by atoms with van der Waals surface area (Å²) in [7, 11) is 0. The van der Waals surface area contributed by atoms with E-state index >= 15 is 0 Å². The molecule has 1 rings (SSSR count). The zero-order chi connectivity index (χ0) is 12.0. The van der Waals surface area contributed by atoms with Crippen LogP contribution in [0.2, 0.25) is 5.02 Å². The number of rotatable bonds is 5. The molecule has 88 valence electrons. The van der Waals surface area contributed by atoms with Crippen LogP contribution in [0.3, 0.4) is 0 Å². The molecule has 0 aliphatic rings. The maximum atomic E-state index is 11.8. The number of carbonyl (C=O) groups excluding carboxylic acids is 1. The Labute approximate surface area is 106 Å². The lowest BCUT2D eigenvalue weighted by atomic mass is 10.2. The number of hydrogen-bond acceptors (Lipinski definition) is 2. The van der Waals surface area contributed by atoms with Crippen LogP contribution in [0.15, 0.2) is 23.1 Å². The van der Waals surface area contributed by atoms with Gasteiger partial charge in [-0.15, -0.1) is 11.8 Å². The summed E-state index contributed by atoms with van der Waals surface area (Å²) in [4.78, 5) is 12.8. The second-order valence-corrected chi connectivity index (χ2v) is 4.74. The molecule has 0 aliphatic heterocycles.